The number of fused-ring (bicyclic) bond motifs is 1. The Kier molecular flexibility index (Phi) is 5.68. The number of rotatable bonds is 6. The van der Waals surface area contributed by atoms with Crippen LogP contribution in [0.15, 0.2) is 12.4 Å². The number of carbonyl (C=O) groups is 1. The van der Waals surface area contributed by atoms with Crippen molar-refractivity contribution in [3.63, 3.8) is 0 Å². The van der Waals surface area contributed by atoms with Gasteiger partial charge in [0.2, 0.25) is 0 Å². The summed E-state index contributed by atoms with van der Waals surface area (Å²) in [6, 6.07) is 1.11. The predicted molar refractivity (Wildman–Crippen MR) is 104 cm³/mol. The molecule has 0 aliphatic rings. The van der Waals surface area contributed by atoms with Crippen molar-refractivity contribution in [3.05, 3.63) is 23.7 Å². The Labute approximate surface area is 151 Å². The molecule has 2 rings (SSSR count). The van der Waals surface area contributed by atoms with Crippen LogP contribution in [0, 0.1) is 6.92 Å². The van der Waals surface area contributed by atoms with E-state index in [1.807, 2.05) is 32.3 Å². The lowest BCUT2D eigenvalue weighted by molar-refractivity contribution is 0.0886. The molecule has 0 unspecified atom stereocenters. The Morgan fingerprint density at radius 1 is 1.32 bits per heavy atom. The third-order valence-corrected chi connectivity index (χ3v) is 5.35. The van der Waals surface area contributed by atoms with Crippen LogP contribution in [0.3, 0.4) is 0 Å². The van der Waals surface area contributed by atoms with E-state index in [1.54, 1.807) is 12.4 Å². The number of hydrogen-bond acceptors (Lipinski definition) is 4. The number of aromatic nitrogens is 3. The zero-order valence-electron chi connectivity index (χ0n) is 16.4. The Hall–Kier alpha value is -1.73. The third kappa shape index (κ3) is 5.64. The SMILES string of the molecule is Cc1cnc2c(C(=O)NC(C)(C)C)cn(COCC[Si](C)(C)C)c2n1. The third-order valence-electron chi connectivity index (χ3n) is 3.65. The van der Waals surface area contributed by atoms with Crippen LogP contribution in [-0.4, -0.2) is 40.7 Å². The maximum absolute atomic E-state index is 12.6. The van der Waals surface area contributed by atoms with Gasteiger partial charge in [-0.3, -0.25) is 9.78 Å². The summed E-state index contributed by atoms with van der Waals surface area (Å²) in [7, 11) is -1.12. The highest BCUT2D eigenvalue weighted by Crippen LogP contribution is 2.19. The Morgan fingerprint density at radius 2 is 2.00 bits per heavy atom. The first kappa shape index (κ1) is 19.6. The van der Waals surface area contributed by atoms with Gasteiger partial charge in [-0.1, -0.05) is 19.6 Å². The summed E-state index contributed by atoms with van der Waals surface area (Å²) in [6.45, 7) is 15.8. The molecule has 0 aliphatic heterocycles. The first-order valence-electron chi connectivity index (χ1n) is 8.69. The molecule has 25 heavy (non-hydrogen) atoms. The number of hydrogen-bond donors (Lipinski definition) is 1. The van der Waals surface area contributed by atoms with Crippen molar-refractivity contribution in [2.24, 2.45) is 0 Å². The molecule has 0 bridgehead atoms. The maximum atomic E-state index is 12.6. The first-order valence-corrected chi connectivity index (χ1v) is 12.4. The molecule has 138 valence electrons. The van der Waals surface area contributed by atoms with Crippen molar-refractivity contribution in [2.75, 3.05) is 6.61 Å². The average Bonchev–Trinajstić information content (AvgIpc) is 2.79. The number of amides is 1. The predicted octanol–water partition coefficient (Wildman–Crippen LogP) is 3.58. The molecule has 0 saturated carbocycles. The number of ether oxygens (including phenoxy) is 1. The average molecular weight is 363 g/mol. The van der Waals surface area contributed by atoms with Gasteiger partial charge in [0.15, 0.2) is 5.65 Å². The second-order valence-corrected chi connectivity index (χ2v) is 14.4. The van der Waals surface area contributed by atoms with Crippen molar-refractivity contribution < 1.29 is 9.53 Å². The quantitative estimate of drug-likeness (QED) is 0.630. The summed E-state index contributed by atoms with van der Waals surface area (Å²) in [5, 5.41) is 2.99. The topological polar surface area (TPSA) is 69.0 Å². The molecule has 2 aromatic heterocycles. The summed E-state index contributed by atoms with van der Waals surface area (Å²) in [4.78, 5) is 21.6. The largest absolute Gasteiger partial charge is 0.361 e. The molecular weight excluding hydrogens is 332 g/mol. The summed E-state index contributed by atoms with van der Waals surface area (Å²) < 4.78 is 7.71. The van der Waals surface area contributed by atoms with Crippen LogP contribution < -0.4 is 5.32 Å². The molecule has 7 heteroatoms. The summed E-state index contributed by atoms with van der Waals surface area (Å²) >= 11 is 0. The summed E-state index contributed by atoms with van der Waals surface area (Å²) in [5.74, 6) is -0.142. The molecule has 0 saturated heterocycles. The molecule has 6 nitrogen and oxygen atoms in total. The molecular formula is C18H30N4O2Si. The minimum atomic E-state index is -1.12. The number of aryl methyl sites for hydroxylation is 1. The molecule has 0 aromatic carbocycles. The lowest BCUT2D eigenvalue weighted by atomic mass is 10.1. The standard InChI is InChI=1S/C18H30N4O2Si/c1-13-10-19-15-14(17(23)21-18(2,3)4)11-22(16(15)20-13)12-24-8-9-25(5,6)7/h10-11H,8-9,12H2,1-7H3,(H,21,23). The molecule has 0 atom stereocenters. The molecule has 1 amide bonds. The molecule has 2 heterocycles. The van der Waals surface area contributed by atoms with Gasteiger partial charge < -0.3 is 14.6 Å². The number of carbonyl (C=O) groups excluding carboxylic acids is 1. The second kappa shape index (κ2) is 7.25. The van der Waals surface area contributed by atoms with E-state index in [4.69, 9.17) is 4.74 Å². The highest BCUT2D eigenvalue weighted by atomic mass is 28.3. The van der Waals surface area contributed by atoms with Crippen LogP contribution >= 0.6 is 0 Å². The number of nitrogens with zero attached hydrogens (tertiary/aromatic N) is 3. The van der Waals surface area contributed by atoms with E-state index in [1.165, 1.54) is 0 Å². The van der Waals surface area contributed by atoms with Gasteiger partial charge in [-0.15, -0.1) is 0 Å². The van der Waals surface area contributed by atoms with Gasteiger partial charge in [-0.2, -0.15) is 0 Å². The van der Waals surface area contributed by atoms with Crippen LogP contribution in [0.2, 0.25) is 25.7 Å². The monoisotopic (exact) mass is 362 g/mol. The van der Waals surface area contributed by atoms with Gasteiger partial charge in [0, 0.05) is 32.6 Å². The van der Waals surface area contributed by atoms with Crippen molar-refractivity contribution >= 4 is 25.1 Å². The molecule has 1 N–H and O–H groups in total. The van der Waals surface area contributed by atoms with E-state index in [2.05, 4.69) is 34.9 Å². The molecule has 2 aromatic rings. The summed E-state index contributed by atoms with van der Waals surface area (Å²) in [6.07, 6.45) is 3.48. The smallest absolute Gasteiger partial charge is 0.255 e. The minimum Gasteiger partial charge on any atom is -0.361 e. The molecule has 0 spiro atoms. The Balaban J connectivity index is 2.25. The van der Waals surface area contributed by atoms with Crippen molar-refractivity contribution in [3.8, 4) is 0 Å². The van der Waals surface area contributed by atoms with Crippen LogP contribution in [0.25, 0.3) is 11.2 Å². The van der Waals surface area contributed by atoms with Gasteiger partial charge in [-0.25, -0.2) is 4.98 Å². The lowest BCUT2D eigenvalue weighted by Gasteiger charge is -2.20. The fourth-order valence-corrected chi connectivity index (χ4v) is 3.10. The Bertz CT molecular complexity index is 757. The highest BCUT2D eigenvalue weighted by molar-refractivity contribution is 6.76. The van der Waals surface area contributed by atoms with E-state index >= 15 is 0 Å². The maximum Gasteiger partial charge on any atom is 0.255 e. The molecule has 0 aliphatic carbocycles. The van der Waals surface area contributed by atoms with E-state index in [9.17, 15) is 4.79 Å². The lowest BCUT2D eigenvalue weighted by Crippen LogP contribution is -2.40. The van der Waals surface area contributed by atoms with Crippen LogP contribution in [0.4, 0.5) is 0 Å². The summed E-state index contributed by atoms with van der Waals surface area (Å²) in [5.41, 5.74) is 2.34. The molecule has 0 radical (unpaired) electrons. The van der Waals surface area contributed by atoms with Crippen LogP contribution in [0.1, 0.15) is 36.8 Å². The van der Waals surface area contributed by atoms with E-state index in [0.717, 1.165) is 18.3 Å². The van der Waals surface area contributed by atoms with Gasteiger partial charge in [0.1, 0.15) is 12.2 Å². The second-order valence-electron chi connectivity index (χ2n) is 8.75. The van der Waals surface area contributed by atoms with E-state index < -0.39 is 8.07 Å². The van der Waals surface area contributed by atoms with Crippen LogP contribution in [-0.2, 0) is 11.5 Å². The minimum absolute atomic E-state index is 0.142. The van der Waals surface area contributed by atoms with Crippen molar-refractivity contribution in [1.29, 1.82) is 0 Å². The van der Waals surface area contributed by atoms with Crippen molar-refractivity contribution in [1.82, 2.24) is 19.9 Å². The van der Waals surface area contributed by atoms with Gasteiger partial charge in [0.05, 0.1) is 11.3 Å². The normalized spacial score (nSPS) is 12.6. The first-order chi connectivity index (χ1) is 11.5. The zero-order valence-corrected chi connectivity index (χ0v) is 17.4. The van der Waals surface area contributed by atoms with E-state index in [-0.39, 0.29) is 11.4 Å². The zero-order chi connectivity index (χ0) is 18.8. The van der Waals surface area contributed by atoms with Crippen molar-refractivity contribution in [2.45, 2.75) is 65.6 Å². The van der Waals surface area contributed by atoms with E-state index in [0.29, 0.717) is 23.5 Å². The van der Waals surface area contributed by atoms with Gasteiger partial charge in [0.25, 0.3) is 5.91 Å². The van der Waals surface area contributed by atoms with Gasteiger partial charge >= 0.3 is 0 Å². The van der Waals surface area contributed by atoms with Gasteiger partial charge in [-0.05, 0) is 33.7 Å². The highest BCUT2D eigenvalue weighted by Gasteiger charge is 2.21. The van der Waals surface area contributed by atoms with Crippen LogP contribution in [0.5, 0.6) is 0 Å². The number of nitrogens with one attached hydrogen (secondary N) is 1. The fraction of sp³-hybridized carbons (Fsp3) is 0.611. The Morgan fingerprint density at radius 3 is 2.60 bits per heavy atom. The fourth-order valence-electron chi connectivity index (χ4n) is 2.35. The molecule has 0 fully saturated rings.